The highest BCUT2D eigenvalue weighted by atomic mass is 35.5. The van der Waals surface area contributed by atoms with Crippen LogP contribution in [-0.2, 0) is 13.2 Å². The molecule has 0 saturated heterocycles. The van der Waals surface area contributed by atoms with Crippen molar-refractivity contribution in [2.45, 2.75) is 13.2 Å². The molecule has 1 N–H and O–H groups in total. The fraction of sp³-hybridized carbons (Fsp3) is 0.214. The maximum Gasteiger partial charge on any atom is 0.142 e. The van der Waals surface area contributed by atoms with Gasteiger partial charge in [0.2, 0.25) is 0 Å². The van der Waals surface area contributed by atoms with Crippen LogP contribution >= 0.6 is 11.6 Å². The quantitative estimate of drug-likeness (QED) is 0.899. The lowest BCUT2D eigenvalue weighted by Crippen LogP contribution is -2.08. The highest BCUT2D eigenvalue weighted by Crippen LogP contribution is 2.29. The average Bonchev–Trinajstić information content (AvgIpc) is 2.40. The minimum Gasteiger partial charge on any atom is -0.485 e. The lowest BCUT2D eigenvalue weighted by molar-refractivity contribution is 0.298. The number of pyridine rings is 1. The van der Waals surface area contributed by atoms with Crippen molar-refractivity contribution in [2.75, 3.05) is 7.05 Å². The first-order chi connectivity index (χ1) is 8.81. The number of aromatic nitrogens is 1. The van der Waals surface area contributed by atoms with E-state index in [2.05, 4.69) is 10.3 Å². The van der Waals surface area contributed by atoms with Crippen LogP contribution in [0.15, 0.2) is 42.6 Å². The average molecular weight is 263 g/mol. The lowest BCUT2D eigenvalue weighted by Gasteiger charge is -2.12. The van der Waals surface area contributed by atoms with Crippen molar-refractivity contribution in [3.8, 4) is 5.75 Å². The molecule has 0 atom stereocenters. The Morgan fingerprint density at radius 1 is 1.22 bits per heavy atom. The molecule has 18 heavy (non-hydrogen) atoms. The molecule has 0 unspecified atom stereocenters. The van der Waals surface area contributed by atoms with Gasteiger partial charge in [0.05, 0.1) is 10.7 Å². The SMILES string of the molecule is CNCc1cccc(Cl)c1OCc1ccccn1. The maximum absolute atomic E-state index is 6.16. The standard InChI is InChI=1S/C14H15ClN2O/c1-16-9-11-5-4-7-13(15)14(11)18-10-12-6-2-3-8-17-12/h2-8,16H,9-10H2,1H3. The van der Waals surface area contributed by atoms with Crippen molar-refractivity contribution >= 4 is 11.6 Å². The summed E-state index contributed by atoms with van der Waals surface area (Å²) < 4.78 is 5.77. The predicted molar refractivity (Wildman–Crippen MR) is 72.8 cm³/mol. The number of nitrogens with zero attached hydrogens (tertiary/aromatic N) is 1. The van der Waals surface area contributed by atoms with E-state index in [0.717, 1.165) is 23.6 Å². The van der Waals surface area contributed by atoms with E-state index in [1.165, 1.54) is 0 Å². The van der Waals surface area contributed by atoms with Gasteiger partial charge in [-0.25, -0.2) is 0 Å². The molecule has 3 nitrogen and oxygen atoms in total. The number of nitrogens with one attached hydrogen (secondary N) is 1. The molecule has 4 heteroatoms. The molecule has 1 heterocycles. The first kappa shape index (κ1) is 12.9. The Hall–Kier alpha value is -1.58. The molecule has 0 amide bonds. The summed E-state index contributed by atoms with van der Waals surface area (Å²) in [6.45, 7) is 1.14. The highest BCUT2D eigenvalue weighted by Gasteiger charge is 2.08. The van der Waals surface area contributed by atoms with Crippen LogP contribution in [0.1, 0.15) is 11.3 Å². The monoisotopic (exact) mass is 262 g/mol. The van der Waals surface area contributed by atoms with Gasteiger partial charge in [0, 0.05) is 18.3 Å². The van der Waals surface area contributed by atoms with Gasteiger partial charge >= 0.3 is 0 Å². The van der Waals surface area contributed by atoms with Crippen molar-refractivity contribution in [1.82, 2.24) is 10.3 Å². The number of rotatable bonds is 5. The number of benzene rings is 1. The molecular formula is C14H15ClN2O. The molecule has 2 aromatic rings. The normalized spacial score (nSPS) is 10.3. The molecule has 94 valence electrons. The Bertz CT molecular complexity index is 502. The Morgan fingerprint density at radius 2 is 2.11 bits per heavy atom. The summed E-state index contributed by atoms with van der Waals surface area (Å²) in [6, 6.07) is 11.5. The largest absolute Gasteiger partial charge is 0.485 e. The summed E-state index contributed by atoms with van der Waals surface area (Å²) in [5.41, 5.74) is 1.92. The molecule has 0 spiro atoms. The van der Waals surface area contributed by atoms with E-state index in [1.807, 2.05) is 43.4 Å². The van der Waals surface area contributed by atoms with E-state index in [0.29, 0.717) is 11.6 Å². The first-order valence-electron chi connectivity index (χ1n) is 5.76. The van der Waals surface area contributed by atoms with Crippen molar-refractivity contribution < 1.29 is 4.74 Å². The van der Waals surface area contributed by atoms with E-state index in [4.69, 9.17) is 16.3 Å². The van der Waals surface area contributed by atoms with Gasteiger partial charge in [0.25, 0.3) is 0 Å². The van der Waals surface area contributed by atoms with Gasteiger partial charge in [-0.3, -0.25) is 4.98 Å². The second-order valence-electron chi connectivity index (χ2n) is 3.87. The van der Waals surface area contributed by atoms with Crippen LogP contribution in [0.2, 0.25) is 5.02 Å². The Kier molecular flexibility index (Phi) is 4.56. The van der Waals surface area contributed by atoms with Crippen molar-refractivity contribution in [3.05, 3.63) is 58.9 Å². The molecule has 0 aliphatic heterocycles. The van der Waals surface area contributed by atoms with Crippen molar-refractivity contribution in [3.63, 3.8) is 0 Å². The van der Waals surface area contributed by atoms with Gasteiger partial charge in [0.15, 0.2) is 0 Å². The Labute approximate surface area is 112 Å². The topological polar surface area (TPSA) is 34.1 Å². The van der Waals surface area contributed by atoms with Gasteiger partial charge in [-0.15, -0.1) is 0 Å². The van der Waals surface area contributed by atoms with Gasteiger partial charge < -0.3 is 10.1 Å². The van der Waals surface area contributed by atoms with Crippen molar-refractivity contribution in [2.24, 2.45) is 0 Å². The third-order valence-corrected chi connectivity index (χ3v) is 2.80. The van der Waals surface area contributed by atoms with Crippen LogP contribution in [0.3, 0.4) is 0 Å². The summed E-state index contributed by atoms with van der Waals surface area (Å²) in [5.74, 6) is 0.721. The van der Waals surface area contributed by atoms with Gasteiger partial charge in [0.1, 0.15) is 12.4 Å². The highest BCUT2D eigenvalue weighted by molar-refractivity contribution is 6.32. The summed E-state index contributed by atoms with van der Waals surface area (Å²) in [5, 5.41) is 3.72. The molecule has 0 bridgehead atoms. The summed E-state index contributed by atoms with van der Waals surface area (Å²) in [6.07, 6.45) is 1.75. The molecule has 0 aliphatic rings. The third-order valence-electron chi connectivity index (χ3n) is 2.51. The first-order valence-corrected chi connectivity index (χ1v) is 6.13. The van der Waals surface area contributed by atoms with Crippen molar-refractivity contribution in [1.29, 1.82) is 0 Å². The summed E-state index contributed by atoms with van der Waals surface area (Å²) in [4.78, 5) is 4.22. The zero-order valence-corrected chi connectivity index (χ0v) is 10.9. The lowest BCUT2D eigenvalue weighted by atomic mass is 10.2. The Balaban J connectivity index is 2.13. The van der Waals surface area contributed by atoms with Gasteiger partial charge in [-0.2, -0.15) is 0 Å². The van der Waals surface area contributed by atoms with Crippen LogP contribution in [0.25, 0.3) is 0 Å². The molecule has 0 aliphatic carbocycles. The Morgan fingerprint density at radius 3 is 2.83 bits per heavy atom. The summed E-state index contributed by atoms with van der Waals surface area (Å²) >= 11 is 6.16. The van der Waals surface area contributed by atoms with Crippen LogP contribution in [0.4, 0.5) is 0 Å². The van der Waals surface area contributed by atoms with Gasteiger partial charge in [-0.1, -0.05) is 29.8 Å². The number of ether oxygens (including phenoxy) is 1. The minimum atomic E-state index is 0.418. The third kappa shape index (κ3) is 3.22. The number of hydrogen-bond acceptors (Lipinski definition) is 3. The molecule has 1 aromatic heterocycles. The molecular weight excluding hydrogens is 248 g/mol. The smallest absolute Gasteiger partial charge is 0.142 e. The van der Waals surface area contributed by atoms with E-state index in [-0.39, 0.29) is 0 Å². The minimum absolute atomic E-state index is 0.418. The zero-order chi connectivity index (χ0) is 12.8. The predicted octanol–water partition coefficient (Wildman–Crippen LogP) is 3.03. The van der Waals surface area contributed by atoms with Gasteiger partial charge in [-0.05, 0) is 25.2 Å². The molecule has 0 saturated carbocycles. The fourth-order valence-electron chi connectivity index (χ4n) is 1.67. The van der Waals surface area contributed by atoms with E-state index >= 15 is 0 Å². The molecule has 2 rings (SSSR count). The second kappa shape index (κ2) is 6.38. The molecule has 0 fully saturated rings. The molecule has 0 radical (unpaired) electrons. The number of hydrogen-bond donors (Lipinski definition) is 1. The van der Waals surface area contributed by atoms with E-state index in [9.17, 15) is 0 Å². The van der Waals surface area contributed by atoms with E-state index in [1.54, 1.807) is 6.20 Å². The summed E-state index contributed by atoms with van der Waals surface area (Å²) in [7, 11) is 1.89. The van der Waals surface area contributed by atoms with Crippen LogP contribution < -0.4 is 10.1 Å². The molecule has 1 aromatic carbocycles. The van der Waals surface area contributed by atoms with Crippen LogP contribution in [0, 0.1) is 0 Å². The maximum atomic E-state index is 6.16. The van der Waals surface area contributed by atoms with Crippen LogP contribution in [-0.4, -0.2) is 12.0 Å². The fourth-order valence-corrected chi connectivity index (χ4v) is 1.92. The number of halogens is 1. The number of para-hydroxylation sites is 1. The van der Waals surface area contributed by atoms with E-state index < -0.39 is 0 Å². The second-order valence-corrected chi connectivity index (χ2v) is 4.28. The van der Waals surface area contributed by atoms with Crippen LogP contribution in [0.5, 0.6) is 5.75 Å². The zero-order valence-electron chi connectivity index (χ0n) is 10.2.